The highest BCUT2D eigenvalue weighted by atomic mass is 35.5. The third kappa shape index (κ3) is 3.35. The fraction of sp³-hybridized carbons (Fsp3) is 0.188. The van der Waals surface area contributed by atoms with Gasteiger partial charge >= 0.3 is 0 Å². The minimum Gasteiger partial charge on any atom is -0.360 e. The first kappa shape index (κ1) is 15.8. The van der Waals surface area contributed by atoms with Gasteiger partial charge in [0.15, 0.2) is 0 Å². The zero-order valence-corrected chi connectivity index (χ0v) is 13.1. The van der Waals surface area contributed by atoms with E-state index in [1.54, 1.807) is 18.9 Å². The third-order valence-corrected chi connectivity index (χ3v) is 3.69. The van der Waals surface area contributed by atoms with E-state index in [1.807, 2.05) is 30.3 Å². The van der Waals surface area contributed by atoms with Crippen molar-refractivity contribution in [2.45, 2.75) is 6.92 Å². The van der Waals surface area contributed by atoms with Gasteiger partial charge in [0, 0.05) is 18.9 Å². The molecule has 6 heteroatoms. The first-order chi connectivity index (χ1) is 10.5. The average molecular weight is 315 g/mol. The molecule has 0 fully saturated rings. The number of halogens is 1. The minimum absolute atomic E-state index is 0.0359. The van der Waals surface area contributed by atoms with Gasteiger partial charge in [-0.2, -0.15) is 5.26 Å². The maximum Gasteiger partial charge on any atom is 0.246 e. The molecule has 1 N–H and O–H groups in total. The summed E-state index contributed by atoms with van der Waals surface area (Å²) in [6.07, 6.45) is 1.46. The van der Waals surface area contributed by atoms with Gasteiger partial charge in [-0.3, -0.25) is 4.79 Å². The molecule has 1 heterocycles. The van der Waals surface area contributed by atoms with E-state index in [0.717, 1.165) is 5.69 Å². The molecule has 0 radical (unpaired) electrons. The number of nitriles is 1. The normalized spacial score (nSPS) is 9.91. The number of aromatic nitrogens is 1. The van der Waals surface area contributed by atoms with Crippen molar-refractivity contribution >= 4 is 29.0 Å². The summed E-state index contributed by atoms with van der Waals surface area (Å²) >= 11 is 5.94. The van der Waals surface area contributed by atoms with Crippen LogP contribution < -0.4 is 10.2 Å². The lowest BCUT2D eigenvalue weighted by Crippen LogP contribution is -2.32. The number of nitrogens with one attached hydrogen (secondary N) is 1. The van der Waals surface area contributed by atoms with Gasteiger partial charge in [-0.15, -0.1) is 0 Å². The zero-order chi connectivity index (χ0) is 16.1. The molecule has 0 atom stereocenters. The Morgan fingerprint density at radius 2 is 2.09 bits per heavy atom. The van der Waals surface area contributed by atoms with E-state index >= 15 is 0 Å². The average Bonchev–Trinajstić information content (AvgIpc) is 2.55. The number of likely N-dealkylation sites (N-methyl/N-ethyl adjacent to an activating group) is 1. The summed E-state index contributed by atoms with van der Waals surface area (Å²) < 4.78 is 0. The summed E-state index contributed by atoms with van der Waals surface area (Å²) in [6.45, 7) is 1.78. The van der Waals surface area contributed by atoms with Crippen LogP contribution in [0.5, 0.6) is 0 Å². The molecule has 0 spiro atoms. The smallest absolute Gasteiger partial charge is 0.246 e. The van der Waals surface area contributed by atoms with Crippen LogP contribution in [0.15, 0.2) is 36.5 Å². The van der Waals surface area contributed by atoms with Crippen molar-refractivity contribution in [2.24, 2.45) is 0 Å². The van der Waals surface area contributed by atoms with Gasteiger partial charge in [-0.05, 0) is 24.6 Å². The van der Waals surface area contributed by atoms with E-state index in [4.69, 9.17) is 11.6 Å². The van der Waals surface area contributed by atoms with E-state index in [0.29, 0.717) is 22.0 Å². The Morgan fingerprint density at radius 1 is 1.41 bits per heavy atom. The maximum absolute atomic E-state index is 12.2. The molecule has 0 aliphatic rings. The highest BCUT2D eigenvalue weighted by molar-refractivity contribution is 6.31. The number of hydrogen-bond acceptors (Lipinski definition) is 4. The molecule has 112 valence electrons. The monoisotopic (exact) mass is 314 g/mol. The number of carbonyl (C=O) groups is 1. The van der Waals surface area contributed by atoms with Crippen molar-refractivity contribution in [3.63, 3.8) is 0 Å². The molecule has 1 aromatic heterocycles. The SMILES string of the molecule is Cc1c(Cl)cnc(NCC(=O)N(C)c2ccccc2)c1C#N. The molecular weight excluding hydrogens is 300 g/mol. The molecule has 0 bridgehead atoms. The molecule has 2 rings (SSSR count). The number of para-hydroxylation sites is 1. The van der Waals surface area contributed by atoms with Crippen molar-refractivity contribution < 1.29 is 4.79 Å². The molecule has 1 amide bonds. The van der Waals surface area contributed by atoms with Crippen molar-refractivity contribution in [1.82, 2.24) is 4.98 Å². The Kier molecular flexibility index (Phi) is 4.97. The summed E-state index contributed by atoms with van der Waals surface area (Å²) in [5.74, 6) is 0.226. The van der Waals surface area contributed by atoms with Crippen LogP contribution in [0.1, 0.15) is 11.1 Å². The minimum atomic E-state index is -0.135. The molecule has 0 saturated heterocycles. The number of rotatable bonds is 4. The molecule has 2 aromatic rings. The van der Waals surface area contributed by atoms with Gasteiger partial charge in [0.05, 0.1) is 17.1 Å². The summed E-state index contributed by atoms with van der Waals surface area (Å²) in [5.41, 5.74) is 1.79. The van der Waals surface area contributed by atoms with Crippen LogP contribution in [0.3, 0.4) is 0 Å². The van der Waals surface area contributed by atoms with E-state index in [2.05, 4.69) is 16.4 Å². The number of benzene rings is 1. The highest BCUT2D eigenvalue weighted by Gasteiger charge is 2.14. The van der Waals surface area contributed by atoms with Gasteiger partial charge in [0.1, 0.15) is 11.9 Å². The fourth-order valence-corrected chi connectivity index (χ4v) is 2.07. The van der Waals surface area contributed by atoms with Crippen LogP contribution in [-0.2, 0) is 4.79 Å². The second-order valence-electron chi connectivity index (χ2n) is 4.71. The lowest BCUT2D eigenvalue weighted by Gasteiger charge is -2.18. The van der Waals surface area contributed by atoms with E-state index in [1.165, 1.54) is 6.20 Å². The second-order valence-corrected chi connectivity index (χ2v) is 5.12. The largest absolute Gasteiger partial charge is 0.360 e. The van der Waals surface area contributed by atoms with E-state index in [9.17, 15) is 10.1 Å². The summed E-state index contributed by atoms with van der Waals surface area (Å²) in [6, 6.07) is 11.4. The molecule has 22 heavy (non-hydrogen) atoms. The first-order valence-corrected chi connectivity index (χ1v) is 7.03. The Hall–Kier alpha value is -2.58. The van der Waals surface area contributed by atoms with Gasteiger partial charge < -0.3 is 10.2 Å². The Bertz CT molecular complexity index is 725. The van der Waals surface area contributed by atoms with Gasteiger partial charge in [-0.25, -0.2) is 4.98 Å². The van der Waals surface area contributed by atoms with Crippen LogP contribution in [0, 0.1) is 18.3 Å². The molecule has 5 nitrogen and oxygen atoms in total. The van der Waals surface area contributed by atoms with Crippen molar-refractivity contribution in [3.05, 3.63) is 52.7 Å². The van der Waals surface area contributed by atoms with Crippen LogP contribution in [0.2, 0.25) is 5.02 Å². The van der Waals surface area contributed by atoms with Gasteiger partial charge in [0.2, 0.25) is 5.91 Å². The van der Waals surface area contributed by atoms with Crippen molar-refractivity contribution in [1.29, 1.82) is 5.26 Å². The predicted molar refractivity (Wildman–Crippen MR) is 87.0 cm³/mol. The van der Waals surface area contributed by atoms with Gasteiger partial charge in [-0.1, -0.05) is 29.8 Å². The number of hydrogen-bond donors (Lipinski definition) is 1. The van der Waals surface area contributed by atoms with E-state index in [-0.39, 0.29) is 12.5 Å². The number of anilines is 2. The lowest BCUT2D eigenvalue weighted by atomic mass is 10.1. The summed E-state index contributed by atoms with van der Waals surface area (Å²) in [7, 11) is 1.70. The zero-order valence-electron chi connectivity index (χ0n) is 12.3. The van der Waals surface area contributed by atoms with Crippen molar-refractivity contribution in [3.8, 4) is 6.07 Å². The Morgan fingerprint density at radius 3 is 2.73 bits per heavy atom. The first-order valence-electron chi connectivity index (χ1n) is 6.65. The third-order valence-electron chi connectivity index (χ3n) is 3.31. The van der Waals surface area contributed by atoms with E-state index < -0.39 is 0 Å². The molecule has 0 aliphatic carbocycles. The van der Waals surface area contributed by atoms with Crippen LogP contribution in [0.4, 0.5) is 11.5 Å². The quantitative estimate of drug-likeness (QED) is 0.942. The van der Waals surface area contributed by atoms with Crippen molar-refractivity contribution in [2.75, 3.05) is 23.8 Å². The maximum atomic E-state index is 12.2. The number of carbonyl (C=O) groups excluding carboxylic acids is 1. The topological polar surface area (TPSA) is 69.0 Å². The fourth-order valence-electron chi connectivity index (χ4n) is 1.92. The molecule has 0 unspecified atom stereocenters. The van der Waals surface area contributed by atoms with Crippen LogP contribution in [-0.4, -0.2) is 24.5 Å². The standard InChI is InChI=1S/C16H15ClN4O/c1-11-13(8-18)16(19-9-14(11)17)20-10-15(22)21(2)12-6-4-3-5-7-12/h3-7,9H,10H2,1-2H3,(H,19,20). The number of pyridine rings is 1. The predicted octanol–water partition coefficient (Wildman–Crippen LogP) is 2.99. The van der Waals surface area contributed by atoms with Crippen LogP contribution in [0.25, 0.3) is 0 Å². The van der Waals surface area contributed by atoms with Crippen LogP contribution >= 0.6 is 11.6 Å². The summed E-state index contributed by atoms with van der Waals surface area (Å²) in [4.78, 5) is 17.8. The second kappa shape index (κ2) is 6.92. The Balaban J connectivity index is 2.09. The number of nitrogens with zero attached hydrogens (tertiary/aromatic N) is 3. The molecule has 1 aromatic carbocycles. The highest BCUT2D eigenvalue weighted by Crippen LogP contribution is 2.23. The molecule has 0 saturated carbocycles. The number of amides is 1. The summed E-state index contributed by atoms with van der Waals surface area (Å²) in [5, 5.41) is 12.5. The Labute approximate surface area is 134 Å². The lowest BCUT2D eigenvalue weighted by molar-refractivity contribution is -0.116. The van der Waals surface area contributed by atoms with Gasteiger partial charge in [0.25, 0.3) is 0 Å². The molecular formula is C16H15ClN4O. The molecule has 0 aliphatic heterocycles.